The molecule has 3 rings (SSSR count). The molecule has 0 aliphatic carbocycles. The fourth-order valence-electron chi connectivity index (χ4n) is 2.35. The number of nitrogens with zero attached hydrogens (tertiary/aromatic N) is 2. The molecule has 100 valence electrons. The SMILES string of the molecule is Nc1c(C(=O)N2CCC(N)CC2)sc2cccnc12. The van der Waals surface area contributed by atoms with E-state index >= 15 is 0 Å². The highest BCUT2D eigenvalue weighted by atomic mass is 32.1. The summed E-state index contributed by atoms with van der Waals surface area (Å²) in [5.41, 5.74) is 13.1. The van der Waals surface area contributed by atoms with Crippen LogP contribution in [0.2, 0.25) is 0 Å². The number of hydrogen-bond acceptors (Lipinski definition) is 5. The molecule has 5 nitrogen and oxygen atoms in total. The summed E-state index contributed by atoms with van der Waals surface area (Å²) in [5.74, 6) is 0.00685. The number of carbonyl (C=O) groups is 1. The molecule has 0 saturated carbocycles. The number of rotatable bonds is 1. The molecule has 0 spiro atoms. The average molecular weight is 276 g/mol. The summed E-state index contributed by atoms with van der Waals surface area (Å²) >= 11 is 1.42. The molecule has 0 radical (unpaired) electrons. The topological polar surface area (TPSA) is 85.2 Å². The lowest BCUT2D eigenvalue weighted by atomic mass is 10.1. The summed E-state index contributed by atoms with van der Waals surface area (Å²) in [4.78, 5) is 19.2. The van der Waals surface area contributed by atoms with Crippen molar-refractivity contribution in [3.05, 3.63) is 23.2 Å². The van der Waals surface area contributed by atoms with E-state index < -0.39 is 0 Å². The molecule has 0 unspecified atom stereocenters. The van der Waals surface area contributed by atoms with E-state index in [1.54, 1.807) is 6.20 Å². The van der Waals surface area contributed by atoms with Crippen molar-refractivity contribution in [2.24, 2.45) is 5.73 Å². The quantitative estimate of drug-likeness (QED) is 0.825. The molecule has 4 N–H and O–H groups in total. The number of nitrogen functional groups attached to an aromatic ring is 1. The Labute approximate surface area is 115 Å². The number of piperidine rings is 1. The van der Waals surface area contributed by atoms with Crippen LogP contribution in [0.3, 0.4) is 0 Å². The maximum atomic E-state index is 12.5. The monoisotopic (exact) mass is 276 g/mol. The molecule has 3 heterocycles. The molecule has 2 aromatic heterocycles. The zero-order valence-corrected chi connectivity index (χ0v) is 11.3. The minimum Gasteiger partial charge on any atom is -0.396 e. The van der Waals surface area contributed by atoms with E-state index in [4.69, 9.17) is 11.5 Å². The van der Waals surface area contributed by atoms with Gasteiger partial charge in [-0.15, -0.1) is 11.3 Å². The lowest BCUT2D eigenvalue weighted by molar-refractivity contribution is 0.0720. The van der Waals surface area contributed by atoms with Crippen LogP contribution in [-0.4, -0.2) is 34.9 Å². The summed E-state index contributed by atoms with van der Waals surface area (Å²) in [6.07, 6.45) is 3.41. The van der Waals surface area contributed by atoms with Crippen LogP contribution < -0.4 is 11.5 Å². The lowest BCUT2D eigenvalue weighted by Gasteiger charge is -2.29. The molecule has 19 heavy (non-hydrogen) atoms. The summed E-state index contributed by atoms with van der Waals surface area (Å²) in [6, 6.07) is 4.00. The largest absolute Gasteiger partial charge is 0.396 e. The molecular formula is C13H16N4OS. The summed E-state index contributed by atoms with van der Waals surface area (Å²) < 4.78 is 0.956. The number of hydrogen-bond donors (Lipinski definition) is 2. The number of fused-ring (bicyclic) bond motifs is 1. The van der Waals surface area contributed by atoms with Gasteiger partial charge in [0.2, 0.25) is 0 Å². The van der Waals surface area contributed by atoms with E-state index in [0.29, 0.717) is 23.7 Å². The molecule has 0 bridgehead atoms. The number of amides is 1. The van der Waals surface area contributed by atoms with Crippen LogP contribution in [0.4, 0.5) is 5.69 Å². The van der Waals surface area contributed by atoms with Gasteiger partial charge in [0.1, 0.15) is 10.4 Å². The highest BCUT2D eigenvalue weighted by Crippen LogP contribution is 2.33. The van der Waals surface area contributed by atoms with Gasteiger partial charge in [0.25, 0.3) is 5.91 Å². The maximum Gasteiger partial charge on any atom is 0.266 e. The molecule has 0 aromatic carbocycles. The first kappa shape index (κ1) is 12.4. The van der Waals surface area contributed by atoms with E-state index in [1.807, 2.05) is 17.0 Å². The van der Waals surface area contributed by atoms with E-state index in [-0.39, 0.29) is 11.9 Å². The minimum atomic E-state index is 0.00685. The van der Waals surface area contributed by atoms with Crippen LogP contribution in [-0.2, 0) is 0 Å². The van der Waals surface area contributed by atoms with Gasteiger partial charge >= 0.3 is 0 Å². The van der Waals surface area contributed by atoms with Crippen LogP contribution in [0.1, 0.15) is 22.5 Å². The fraction of sp³-hybridized carbons (Fsp3) is 0.385. The Hall–Kier alpha value is -1.66. The van der Waals surface area contributed by atoms with Gasteiger partial charge in [-0.05, 0) is 25.0 Å². The number of carbonyl (C=O) groups excluding carboxylic acids is 1. The van der Waals surface area contributed by atoms with Crippen molar-refractivity contribution < 1.29 is 4.79 Å². The number of likely N-dealkylation sites (tertiary alicyclic amines) is 1. The van der Waals surface area contributed by atoms with E-state index in [1.165, 1.54) is 11.3 Å². The second kappa shape index (κ2) is 4.79. The van der Waals surface area contributed by atoms with Gasteiger partial charge in [0, 0.05) is 25.3 Å². The number of aromatic nitrogens is 1. The first-order valence-electron chi connectivity index (χ1n) is 6.34. The van der Waals surface area contributed by atoms with Crippen molar-refractivity contribution in [2.45, 2.75) is 18.9 Å². The van der Waals surface area contributed by atoms with Crippen LogP contribution in [0.5, 0.6) is 0 Å². The molecule has 6 heteroatoms. The first-order chi connectivity index (χ1) is 9.16. The van der Waals surface area contributed by atoms with Crippen molar-refractivity contribution in [3.63, 3.8) is 0 Å². The lowest BCUT2D eigenvalue weighted by Crippen LogP contribution is -2.42. The first-order valence-corrected chi connectivity index (χ1v) is 7.16. The summed E-state index contributed by atoms with van der Waals surface area (Å²) in [5, 5.41) is 0. The van der Waals surface area contributed by atoms with E-state index in [0.717, 1.165) is 23.1 Å². The third-order valence-corrected chi connectivity index (χ3v) is 4.65. The van der Waals surface area contributed by atoms with Gasteiger partial charge in [0.15, 0.2) is 0 Å². The van der Waals surface area contributed by atoms with Gasteiger partial charge in [0.05, 0.1) is 10.4 Å². The predicted molar refractivity (Wildman–Crippen MR) is 77.1 cm³/mol. The normalized spacial score (nSPS) is 17.0. The Morgan fingerprint density at radius 2 is 2.16 bits per heavy atom. The smallest absolute Gasteiger partial charge is 0.266 e. The van der Waals surface area contributed by atoms with Crippen LogP contribution in [0, 0.1) is 0 Å². The summed E-state index contributed by atoms with van der Waals surface area (Å²) in [6.45, 7) is 1.42. The van der Waals surface area contributed by atoms with Crippen LogP contribution >= 0.6 is 11.3 Å². The Morgan fingerprint density at radius 1 is 1.42 bits per heavy atom. The average Bonchev–Trinajstić information content (AvgIpc) is 2.77. The molecule has 1 aliphatic rings. The van der Waals surface area contributed by atoms with Crippen LogP contribution in [0.25, 0.3) is 10.2 Å². The molecule has 1 aliphatic heterocycles. The van der Waals surface area contributed by atoms with Gasteiger partial charge in [-0.3, -0.25) is 9.78 Å². The number of thiophene rings is 1. The zero-order valence-electron chi connectivity index (χ0n) is 10.5. The third-order valence-electron chi connectivity index (χ3n) is 3.50. The van der Waals surface area contributed by atoms with Crippen molar-refractivity contribution in [1.82, 2.24) is 9.88 Å². The molecule has 2 aromatic rings. The van der Waals surface area contributed by atoms with Gasteiger partial charge in [-0.2, -0.15) is 0 Å². The van der Waals surface area contributed by atoms with Gasteiger partial charge < -0.3 is 16.4 Å². The highest BCUT2D eigenvalue weighted by Gasteiger charge is 2.25. The number of nitrogens with two attached hydrogens (primary N) is 2. The molecular weight excluding hydrogens is 260 g/mol. The predicted octanol–water partition coefficient (Wildman–Crippen LogP) is 1.44. The third kappa shape index (κ3) is 2.17. The maximum absolute atomic E-state index is 12.5. The standard InChI is InChI=1S/C13H16N4OS/c14-8-3-6-17(7-4-8)13(18)12-10(15)11-9(19-12)2-1-5-16-11/h1-2,5,8H,3-4,6-7,14-15H2. The molecule has 1 amide bonds. The number of pyridine rings is 1. The van der Waals surface area contributed by atoms with Gasteiger partial charge in [-0.1, -0.05) is 0 Å². The second-order valence-corrected chi connectivity index (χ2v) is 5.88. The molecule has 1 saturated heterocycles. The van der Waals surface area contributed by atoms with Gasteiger partial charge in [-0.25, -0.2) is 0 Å². The minimum absolute atomic E-state index is 0.00685. The Balaban J connectivity index is 1.91. The van der Waals surface area contributed by atoms with Crippen LogP contribution in [0.15, 0.2) is 18.3 Å². The molecule has 0 atom stereocenters. The number of anilines is 1. The van der Waals surface area contributed by atoms with E-state index in [2.05, 4.69) is 4.98 Å². The van der Waals surface area contributed by atoms with E-state index in [9.17, 15) is 4.79 Å². The fourth-order valence-corrected chi connectivity index (χ4v) is 3.40. The second-order valence-electron chi connectivity index (χ2n) is 4.82. The highest BCUT2D eigenvalue weighted by molar-refractivity contribution is 7.21. The van der Waals surface area contributed by atoms with Crippen molar-refractivity contribution >= 4 is 33.1 Å². The summed E-state index contributed by atoms with van der Waals surface area (Å²) in [7, 11) is 0. The van der Waals surface area contributed by atoms with Crippen molar-refractivity contribution in [2.75, 3.05) is 18.8 Å². The molecule has 1 fully saturated rings. The van der Waals surface area contributed by atoms with Crippen molar-refractivity contribution in [1.29, 1.82) is 0 Å². The Bertz CT molecular complexity index is 616. The Morgan fingerprint density at radius 3 is 2.84 bits per heavy atom. The Kier molecular flexibility index (Phi) is 3.12. The van der Waals surface area contributed by atoms with Crippen molar-refractivity contribution in [3.8, 4) is 0 Å². The zero-order chi connectivity index (χ0) is 13.4.